The quantitative estimate of drug-likeness (QED) is 0.781. The molecule has 2 atom stereocenters. The van der Waals surface area contributed by atoms with Crippen molar-refractivity contribution in [3.8, 4) is 5.75 Å². The first-order valence-corrected chi connectivity index (χ1v) is 5.69. The number of aryl methyl sites for hydroxylation is 1. The average Bonchev–Trinajstić information content (AvgIpc) is 2.70. The minimum Gasteiger partial charge on any atom is -0.497 e. The molecule has 0 aliphatic carbocycles. The summed E-state index contributed by atoms with van der Waals surface area (Å²) in [5.74, 6) is -2.09. The van der Waals surface area contributed by atoms with Gasteiger partial charge in [0.1, 0.15) is 11.7 Å². The lowest BCUT2D eigenvalue weighted by molar-refractivity contribution is -0.145. The van der Waals surface area contributed by atoms with Crippen molar-refractivity contribution in [2.45, 2.75) is 12.8 Å². The van der Waals surface area contributed by atoms with Crippen LogP contribution in [0.3, 0.4) is 0 Å². The van der Waals surface area contributed by atoms with Crippen LogP contribution < -0.4 is 10.1 Å². The van der Waals surface area contributed by atoms with Crippen molar-refractivity contribution < 1.29 is 19.4 Å². The smallest absolute Gasteiger partial charge is 0.316 e. The molecule has 0 aromatic heterocycles. The van der Waals surface area contributed by atoms with Gasteiger partial charge in [0.05, 0.1) is 7.11 Å². The Balaban J connectivity index is 2.36. The Morgan fingerprint density at radius 3 is 2.78 bits per heavy atom. The normalized spacial score (nSPS) is 22.7. The zero-order valence-electron chi connectivity index (χ0n) is 10.3. The number of hydrogen-bond acceptors (Lipinski definition) is 3. The van der Waals surface area contributed by atoms with E-state index in [1.807, 2.05) is 19.1 Å². The Labute approximate surface area is 105 Å². The molecule has 0 spiro atoms. The highest BCUT2D eigenvalue weighted by molar-refractivity contribution is 5.99. The van der Waals surface area contributed by atoms with E-state index >= 15 is 0 Å². The molecular weight excluding hydrogens is 234 g/mol. The number of ether oxygens (including phenoxy) is 1. The zero-order valence-corrected chi connectivity index (χ0v) is 10.3. The second-order valence-corrected chi connectivity index (χ2v) is 4.39. The summed E-state index contributed by atoms with van der Waals surface area (Å²) >= 11 is 0. The Morgan fingerprint density at radius 2 is 2.22 bits per heavy atom. The number of aliphatic carboxylic acids is 1. The maximum absolute atomic E-state index is 11.5. The maximum atomic E-state index is 11.5. The molecule has 5 nitrogen and oxygen atoms in total. The summed E-state index contributed by atoms with van der Waals surface area (Å²) in [6.45, 7) is 2.25. The molecule has 0 saturated carbocycles. The van der Waals surface area contributed by atoms with Gasteiger partial charge in [-0.3, -0.25) is 9.59 Å². The fraction of sp³-hybridized carbons (Fsp3) is 0.385. The van der Waals surface area contributed by atoms with Crippen molar-refractivity contribution in [1.29, 1.82) is 0 Å². The largest absolute Gasteiger partial charge is 0.497 e. The van der Waals surface area contributed by atoms with Gasteiger partial charge in [0.15, 0.2) is 0 Å². The summed E-state index contributed by atoms with van der Waals surface area (Å²) in [6.07, 6.45) is 0. The molecule has 1 aliphatic heterocycles. The molecule has 0 unspecified atom stereocenters. The molecule has 1 aromatic rings. The van der Waals surface area contributed by atoms with E-state index in [0.29, 0.717) is 6.54 Å². The predicted octanol–water partition coefficient (Wildman–Crippen LogP) is 0.918. The lowest BCUT2D eigenvalue weighted by Crippen LogP contribution is -2.26. The van der Waals surface area contributed by atoms with Gasteiger partial charge >= 0.3 is 5.97 Å². The van der Waals surface area contributed by atoms with Crippen molar-refractivity contribution in [2.24, 2.45) is 5.92 Å². The Kier molecular flexibility index (Phi) is 3.23. The van der Waals surface area contributed by atoms with E-state index in [1.165, 1.54) is 0 Å². The topological polar surface area (TPSA) is 75.6 Å². The van der Waals surface area contributed by atoms with E-state index in [2.05, 4.69) is 5.32 Å². The molecule has 1 aromatic carbocycles. The number of carbonyl (C=O) groups is 2. The first-order chi connectivity index (χ1) is 8.54. The van der Waals surface area contributed by atoms with E-state index in [0.717, 1.165) is 16.9 Å². The minimum atomic E-state index is -1.08. The average molecular weight is 249 g/mol. The highest BCUT2D eigenvalue weighted by Crippen LogP contribution is 2.32. The number of hydrogen-bond donors (Lipinski definition) is 2. The first-order valence-electron chi connectivity index (χ1n) is 5.69. The third-order valence-electron chi connectivity index (χ3n) is 3.32. The lowest BCUT2D eigenvalue weighted by atomic mass is 9.86. The molecule has 2 N–H and O–H groups in total. The van der Waals surface area contributed by atoms with Crippen LogP contribution in [0.1, 0.15) is 17.0 Å². The summed E-state index contributed by atoms with van der Waals surface area (Å²) in [6, 6.07) is 5.45. The lowest BCUT2D eigenvalue weighted by Gasteiger charge is -2.16. The van der Waals surface area contributed by atoms with Crippen LogP contribution in [0, 0.1) is 12.8 Å². The molecule has 5 heteroatoms. The van der Waals surface area contributed by atoms with Crippen LogP contribution in [0.2, 0.25) is 0 Å². The van der Waals surface area contributed by atoms with Crippen molar-refractivity contribution >= 4 is 11.9 Å². The van der Waals surface area contributed by atoms with Crippen molar-refractivity contribution in [1.82, 2.24) is 5.32 Å². The number of benzene rings is 1. The minimum absolute atomic E-state index is 0.319. The van der Waals surface area contributed by atoms with Crippen molar-refractivity contribution in [2.75, 3.05) is 13.7 Å². The molecule has 2 rings (SSSR count). The zero-order chi connectivity index (χ0) is 13.3. The summed E-state index contributed by atoms with van der Waals surface area (Å²) < 4.78 is 5.11. The van der Waals surface area contributed by atoms with Gasteiger partial charge in [-0.15, -0.1) is 0 Å². The van der Waals surface area contributed by atoms with Crippen molar-refractivity contribution in [3.05, 3.63) is 29.3 Å². The van der Waals surface area contributed by atoms with Gasteiger partial charge in [0.2, 0.25) is 5.91 Å². The van der Waals surface area contributed by atoms with Crippen LogP contribution in [0.25, 0.3) is 0 Å². The molecule has 18 heavy (non-hydrogen) atoms. The van der Waals surface area contributed by atoms with E-state index < -0.39 is 17.8 Å². The van der Waals surface area contributed by atoms with E-state index in [1.54, 1.807) is 13.2 Å². The highest BCUT2D eigenvalue weighted by atomic mass is 16.5. The summed E-state index contributed by atoms with van der Waals surface area (Å²) in [5.41, 5.74) is 1.81. The molecule has 1 amide bonds. The van der Waals surface area contributed by atoms with Gasteiger partial charge in [-0.1, -0.05) is 6.07 Å². The molecule has 1 aliphatic rings. The predicted molar refractivity (Wildman–Crippen MR) is 64.6 cm³/mol. The van der Waals surface area contributed by atoms with Crippen molar-refractivity contribution in [3.63, 3.8) is 0 Å². The third-order valence-corrected chi connectivity index (χ3v) is 3.32. The summed E-state index contributed by atoms with van der Waals surface area (Å²) in [4.78, 5) is 22.7. The van der Waals surface area contributed by atoms with Gasteiger partial charge < -0.3 is 15.2 Å². The second kappa shape index (κ2) is 4.68. The van der Waals surface area contributed by atoms with Crippen LogP contribution >= 0.6 is 0 Å². The second-order valence-electron chi connectivity index (χ2n) is 4.39. The number of carboxylic acids is 1. The van der Waals surface area contributed by atoms with Crippen LogP contribution in [0.5, 0.6) is 5.75 Å². The molecule has 1 saturated heterocycles. The van der Waals surface area contributed by atoms with E-state index in [4.69, 9.17) is 9.84 Å². The number of amides is 1. The monoisotopic (exact) mass is 249 g/mol. The van der Waals surface area contributed by atoms with Crippen LogP contribution in [0.4, 0.5) is 0 Å². The number of carboxylic acid groups (broad SMARTS) is 1. The fourth-order valence-corrected chi connectivity index (χ4v) is 2.39. The van der Waals surface area contributed by atoms with Gasteiger partial charge in [-0.05, 0) is 30.2 Å². The number of rotatable bonds is 3. The molecule has 0 radical (unpaired) electrons. The SMILES string of the molecule is COc1ccc([C@@H]2CNC(=O)[C@H]2C(=O)O)c(C)c1. The number of nitrogens with one attached hydrogen (secondary N) is 1. The highest BCUT2D eigenvalue weighted by Gasteiger charge is 2.41. The summed E-state index contributed by atoms with van der Waals surface area (Å²) in [7, 11) is 1.58. The number of methoxy groups -OCH3 is 1. The Bertz CT molecular complexity index is 498. The first kappa shape index (κ1) is 12.4. The van der Waals surface area contributed by atoms with E-state index in [9.17, 15) is 9.59 Å². The third kappa shape index (κ3) is 2.03. The Hall–Kier alpha value is -2.04. The molecular formula is C13H15NO4. The van der Waals surface area contributed by atoms with E-state index in [-0.39, 0.29) is 5.92 Å². The maximum Gasteiger partial charge on any atom is 0.316 e. The Morgan fingerprint density at radius 1 is 1.50 bits per heavy atom. The van der Waals surface area contributed by atoms with Gasteiger partial charge in [0.25, 0.3) is 0 Å². The molecule has 1 fully saturated rings. The summed E-state index contributed by atoms with van der Waals surface area (Å²) in [5, 5.41) is 11.7. The molecule has 1 heterocycles. The van der Waals surface area contributed by atoms with Crippen LogP contribution in [-0.4, -0.2) is 30.6 Å². The molecule has 96 valence electrons. The molecule has 0 bridgehead atoms. The van der Waals surface area contributed by atoms with Crippen LogP contribution in [0.15, 0.2) is 18.2 Å². The standard InChI is InChI=1S/C13H15NO4/c1-7-5-8(18-2)3-4-9(7)10-6-14-12(15)11(10)13(16)17/h3-5,10-11H,6H2,1-2H3,(H,14,15)(H,16,17)/t10-,11-/m0/s1. The van der Waals surface area contributed by atoms with Gasteiger partial charge in [-0.2, -0.15) is 0 Å². The number of carbonyl (C=O) groups excluding carboxylic acids is 1. The van der Waals surface area contributed by atoms with Gasteiger partial charge in [-0.25, -0.2) is 0 Å². The fourth-order valence-electron chi connectivity index (χ4n) is 2.39. The van der Waals surface area contributed by atoms with Gasteiger partial charge in [0, 0.05) is 12.5 Å². The van der Waals surface area contributed by atoms with Crippen LogP contribution in [-0.2, 0) is 9.59 Å².